The monoisotopic (exact) mass is 373 g/mol. The zero-order chi connectivity index (χ0) is 19.1. The summed E-state index contributed by atoms with van der Waals surface area (Å²) in [7, 11) is 1.32. The molecule has 0 saturated heterocycles. The van der Waals surface area contributed by atoms with Crippen molar-refractivity contribution in [1.29, 1.82) is 0 Å². The number of Topliss-reactive ketones (excluding diaryl/α,β-unsaturated/α-hetero) is 1. The van der Waals surface area contributed by atoms with Crippen LogP contribution in [0.4, 0.5) is 0 Å². The number of rotatable bonds is 8. The standard InChI is InChI=1S/C20H23NO4S/c1-13-11-16(14(2)26-13)18(22)9-10-19(23)21-17(12-20(24)25-3)15-7-5-4-6-8-15/h4-8,11,17H,9-10,12H2,1-3H3,(H,21,23). The highest BCUT2D eigenvalue weighted by Gasteiger charge is 2.20. The number of ether oxygens (including phenoxy) is 1. The number of thiophene rings is 1. The first kappa shape index (κ1) is 19.8. The molecule has 0 fully saturated rings. The predicted octanol–water partition coefficient (Wildman–Crippen LogP) is 3.75. The number of amides is 1. The Morgan fingerprint density at radius 3 is 2.38 bits per heavy atom. The summed E-state index contributed by atoms with van der Waals surface area (Å²) >= 11 is 1.58. The van der Waals surface area contributed by atoms with Gasteiger partial charge in [0.2, 0.25) is 5.91 Å². The van der Waals surface area contributed by atoms with Crippen LogP contribution in [0.15, 0.2) is 36.4 Å². The van der Waals surface area contributed by atoms with Crippen LogP contribution in [0.3, 0.4) is 0 Å². The van der Waals surface area contributed by atoms with Gasteiger partial charge >= 0.3 is 5.97 Å². The number of hydrogen-bond donors (Lipinski definition) is 1. The van der Waals surface area contributed by atoms with E-state index >= 15 is 0 Å². The Labute approximate surface area is 157 Å². The molecule has 1 N–H and O–H groups in total. The average Bonchev–Trinajstić information content (AvgIpc) is 2.98. The normalized spacial score (nSPS) is 11.7. The van der Waals surface area contributed by atoms with Crippen LogP contribution in [-0.2, 0) is 14.3 Å². The van der Waals surface area contributed by atoms with E-state index < -0.39 is 12.0 Å². The van der Waals surface area contributed by atoms with Crippen molar-refractivity contribution in [2.45, 2.75) is 39.2 Å². The fraction of sp³-hybridized carbons (Fsp3) is 0.350. The summed E-state index contributed by atoms with van der Waals surface area (Å²) in [5.41, 5.74) is 1.51. The van der Waals surface area contributed by atoms with Crippen LogP contribution < -0.4 is 5.32 Å². The summed E-state index contributed by atoms with van der Waals surface area (Å²) in [4.78, 5) is 38.3. The molecule has 1 aromatic heterocycles. The van der Waals surface area contributed by atoms with Crippen molar-refractivity contribution in [2.75, 3.05) is 7.11 Å². The lowest BCUT2D eigenvalue weighted by molar-refractivity contribution is -0.141. The maximum Gasteiger partial charge on any atom is 0.307 e. The molecule has 0 aliphatic rings. The van der Waals surface area contributed by atoms with E-state index in [1.54, 1.807) is 11.3 Å². The predicted molar refractivity (Wildman–Crippen MR) is 101 cm³/mol. The number of aryl methyl sites for hydroxylation is 2. The molecule has 1 unspecified atom stereocenters. The molecule has 26 heavy (non-hydrogen) atoms. The van der Waals surface area contributed by atoms with Crippen LogP contribution in [0.2, 0.25) is 0 Å². The van der Waals surface area contributed by atoms with E-state index in [-0.39, 0.29) is 31.0 Å². The van der Waals surface area contributed by atoms with Gasteiger partial charge in [-0.25, -0.2) is 0 Å². The second kappa shape index (κ2) is 9.29. The Morgan fingerprint density at radius 2 is 1.81 bits per heavy atom. The molecule has 2 aromatic rings. The third kappa shape index (κ3) is 5.52. The fourth-order valence-electron chi connectivity index (χ4n) is 2.72. The second-order valence-corrected chi connectivity index (χ2v) is 7.52. The summed E-state index contributed by atoms with van der Waals surface area (Å²) in [6, 6.07) is 10.6. The van der Waals surface area contributed by atoms with Crippen LogP contribution in [0, 0.1) is 13.8 Å². The SMILES string of the molecule is COC(=O)CC(NC(=O)CCC(=O)c1cc(C)sc1C)c1ccccc1. The minimum absolute atomic E-state index is 0.0359. The van der Waals surface area contributed by atoms with Crippen LogP contribution in [0.1, 0.15) is 51.0 Å². The fourth-order valence-corrected chi connectivity index (χ4v) is 3.67. The van der Waals surface area contributed by atoms with Crippen LogP contribution >= 0.6 is 11.3 Å². The van der Waals surface area contributed by atoms with Crippen LogP contribution in [0.5, 0.6) is 0 Å². The highest BCUT2D eigenvalue weighted by atomic mass is 32.1. The minimum atomic E-state index is -0.476. The molecule has 0 aliphatic carbocycles. The highest BCUT2D eigenvalue weighted by Crippen LogP contribution is 2.22. The van der Waals surface area contributed by atoms with Crippen molar-refractivity contribution in [1.82, 2.24) is 5.32 Å². The molecule has 0 aliphatic heterocycles. The van der Waals surface area contributed by atoms with Gasteiger partial charge in [-0.3, -0.25) is 14.4 Å². The van der Waals surface area contributed by atoms with Gasteiger partial charge in [0.15, 0.2) is 5.78 Å². The summed E-state index contributed by atoms with van der Waals surface area (Å²) in [6.07, 6.45) is 0.267. The molecule has 1 aromatic carbocycles. The molecule has 5 nitrogen and oxygen atoms in total. The van der Waals surface area contributed by atoms with E-state index in [0.717, 1.165) is 15.3 Å². The zero-order valence-electron chi connectivity index (χ0n) is 15.2. The maximum absolute atomic E-state index is 12.3. The Hall–Kier alpha value is -2.47. The topological polar surface area (TPSA) is 72.5 Å². The summed E-state index contributed by atoms with van der Waals surface area (Å²) < 4.78 is 4.71. The van der Waals surface area contributed by atoms with Gasteiger partial charge in [-0.15, -0.1) is 11.3 Å². The number of nitrogens with one attached hydrogen (secondary N) is 1. The molecule has 2 rings (SSSR count). The molecule has 0 spiro atoms. The number of methoxy groups -OCH3 is 1. The Kier molecular flexibility index (Phi) is 7.09. The molecule has 1 amide bonds. The molecular formula is C20H23NO4S. The molecular weight excluding hydrogens is 350 g/mol. The lowest BCUT2D eigenvalue weighted by atomic mass is 10.0. The van der Waals surface area contributed by atoms with Crippen molar-refractivity contribution in [3.63, 3.8) is 0 Å². The Balaban J connectivity index is 1.97. The first-order valence-electron chi connectivity index (χ1n) is 8.42. The molecule has 0 bridgehead atoms. The van der Waals surface area contributed by atoms with E-state index in [4.69, 9.17) is 4.74 Å². The summed E-state index contributed by atoms with van der Waals surface area (Å²) in [5, 5.41) is 2.84. The first-order valence-corrected chi connectivity index (χ1v) is 9.23. The Morgan fingerprint density at radius 1 is 1.12 bits per heavy atom. The number of esters is 1. The van der Waals surface area contributed by atoms with Gasteiger partial charge in [0.05, 0.1) is 19.6 Å². The summed E-state index contributed by atoms with van der Waals surface area (Å²) in [5.74, 6) is -0.702. The molecule has 6 heteroatoms. The van der Waals surface area contributed by atoms with E-state index in [1.807, 2.05) is 50.2 Å². The molecule has 1 heterocycles. The first-order chi connectivity index (χ1) is 12.4. The molecule has 0 radical (unpaired) electrons. The molecule has 1 atom stereocenters. The quantitative estimate of drug-likeness (QED) is 0.565. The smallest absolute Gasteiger partial charge is 0.307 e. The van der Waals surface area contributed by atoms with Gasteiger partial charge in [-0.2, -0.15) is 0 Å². The highest BCUT2D eigenvalue weighted by molar-refractivity contribution is 7.12. The van der Waals surface area contributed by atoms with Crippen LogP contribution in [0.25, 0.3) is 0 Å². The van der Waals surface area contributed by atoms with E-state index in [9.17, 15) is 14.4 Å². The largest absolute Gasteiger partial charge is 0.469 e. The Bertz CT molecular complexity index is 782. The average molecular weight is 373 g/mol. The van der Waals surface area contributed by atoms with E-state index in [1.165, 1.54) is 7.11 Å². The van der Waals surface area contributed by atoms with Crippen molar-refractivity contribution in [2.24, 2.45) is 0 Å². The van der Waals surface area contributed by atoms with Crippen molar-refractivity contribution >= 4 is 29.0 Å². The van der Waals surface area contributed by atoms with Crippen molar-refractivity contribution < 1.29 is 19.1 Å². The van der Waals surface area contributed by atoms with Gasteiger partial charge in [0.25, 0.3) is 0 Å². The van der Waals surface area contributed by atoms with Gasteiger partial charge in [0.1, 0.15) is 0 Å². The number of carbonyl (C=O) groups is 3. The number of ketones is 1. The number of hydrogen-bond acceptors (Lipinski definition) is 5. The third-order valence-corrected chi connectivity index (χ3v) is 5.02. The lowest BCUT2D eigenvalue weighted by Gasteiger charge is -2.18. The molecule has 0 saturated carbocycles. The van der Waals surface area contributed by atoms with Crippen molar-refractivity contribution in [3.05, 3.63) is 57.3 Å². The van der Waals surface area contributed by atoms with E-state index in [0.29, 0.717) is 5.56 Å². The van der Waals surface area contributed by atoms with E-state index in [2.05, 4.69) is 5.32 Å². The lowest BCUT2D eigenvalue weighted by Crippen LogP contribution is -2.30. The van der Waals surface area contributed by atoms with Crippen molar-refractivity contribution in [3.8, 4) is 0 Å². The van der Waals surface area contributed by atoms with Gasteiger partial charge in [0, 0.05) is 28.2 Å². The molecule has 138 valence electrons. The van der Waals surface area contributed by atoms with Crippen LogP contribution in [-0.4, -0.2) is 24.8 Å². The van der Waals surface area contributed by atoms with Gasteiger partial charge < -0.3 is 10.1 Å². The number of benzene rings is 1. The second-order valence-electron chi connectivity index (χ2n) is 6.06. The number of carbonyl (C=O) groups excluding carboxylic acids is 3. The maximum atomic E-state index is 12.3. The van der Waals surface area contributed by atoms with Gasteiger partial charge in [-0.1, -0.05) is 30.3 Å². The minimum Gasteiger partial charge on any atom is -0.469 e. The van der Waals surface area contributed by atoms with Gasteiger partial charge in [-0.05, 0) is 25.5 Å². The summed E-state index contributed by atoms with van der Waals surface area (Å²) in [6.45, 7) is 3.87. The third-order valence-electron chi connectivity index (χ3n) is 4.06. The zero-order valence-corrected chi connectivity index (χ0v) is 16.0.